The lowest BCUT2D eigenvalue weighted by atomic mass is 9.99. The lowest BCUT2D eigenvalue weighted by Crippen LogP contribution is -2.11. The molecular weight excluding hydrogens is 282 g/mol. The summed E-state index contributed by atoms with van der Waals surface area (Å²) >= 11 is 0. The maximum Gasteiger partial charge on any atom is 0.175 e. The third-order valence-corrected chi connectivity index (χ3v) is 4.03. The van der Waals surface area contributed by atoms with Gasteiger partial charge in [0.2, 0.25) is 0 Å². The Morgan fingerprint density at radius 3 is 1.74 bits per heavy atom. The van der Waals surface area contributed by atoms with Crippen LogP contribution in [-0.4, -0.2) is 5.71 Å². The van der Waals surface area contributed by atoms with Gasteiger partial charge < -0.3 is 4.74 Å². The molecule has 112 valence electrons. The fourth-order valence-corrected chi connectivity index (χ4v) is 2.89. The average Bonchev–Trinajstić information content (AvgIpc) is 3.09. The maximum atomic E-state index is 6.30. The van der Waals surface area contributed by atoms with Gasteiger partial charge in [0.05, 0.1) is 5.71 Å². The Balaban J connectivity index is 1.76. The summed E-state index contributed by atoms with van der Waals surface area (Å²) in [5, 5.41) is 0. The minimum Gasteiger partial charge on any atom is -0.338 e. The quantitative estimate of drug-likeness (QED) is 0.671. The number of rotatable bonds is 3. The minimum atomic E-state index is -0.253. The van der Waals surface area contributed by atoms with Gasteiger partial charge in [0.1, 0.15) is 6.10 Å². The van der Waals surface area contributed by atoms with E-state index < -0.39 is 0 Å². The summed E-state index contributed by atoms with van der Waals surface area (Å²) in [5.41, 5.74) is 4.32. The molecule has 0 aliphatic carbocycles. The van der Waals surface area contributed by atoms with Crippen molar-refractivity contribution < 1.29 is 4.74 Å². The maximum absolute atomic E-state index is 6.30. The van der Waals surface area contributed by atoms with Crippen LogP contribution in [0.4, 0.5) is 0 Å². The Labute approximate surface area is 136 Å². The summed E-state index contributed by atoms with van der Waals surface area (Å²) in [5.74, 6) is 0. The number of aliphatic imine (C=N–C) groups is 1. The van der Waals surface area contributed by atoms with Gasteiger partial charge in [0.15, 0.2) is 6.23 Å². The molecule has 0 saturated heterocycles. The highest BCUT2D eigenvalue weighted by atomic mass is 16.5. The largest absolute Gasteiger partial charge is 0.338 e. The van der Waals surface area contributed by atoms with E-state index in [0.717, 1.165) is 22.4 Å². The second-order valence-electron chi connectivity index (χ2n) is 5.57. The lowest BCUT2D eigenvalue weighted by molar-refractivity contribution is 0.0496. The first-order valence-corrected chi connectivity index (χ1v) is 7.80. The van der Waals surface area contributed by atoms with Gasteiger partial charge in [0, 0.05) is 5.56 Å². The smallest absolute Gasteiger partial charge is 0.175 e. The summed E-state index contributed by atoms with van der Waals surface area (Å²) in [6.07, 6.45) is -0.389. The van der Waals surface area contributed by atoms with Crippen molar-refractivity contribution in [3.05, 3.63) is 108 Å². The molecule has 0 N–H and O–H groups in total. The first-order chi connectivity index (χ1) is 11.4. The van der Waals surface area contributed by atoms with Gasteiger partial charge in [-0.3, -0.25) is 4.99 Å². The van der Waals surface area contributed by atoms with Gasteiger partial charge in [-0.25, -0.2) is 0 Å². The number of benzene rings is 3. The van der Waals surface area contributed by atoms with Crippen LogP contribution < -0.4 is 0 Å². The molecule has 2 nitrogen and oxygen atoms in total. The molecule has 23 heavy (non-hydrogen) atoms. The molecule has 1 aliphatic rings. The molecule has 4 rings (SSSR count). The second kappa shape index (κ2) is 6.19. The first kappa shape index (κ1) is 13.9. The molecule has 0 radical (unpaired) electrons. The summed E-state index contributed by atoms with van der Waals surface area (Å²) in [6, 6.07) is 30.7. The molecule has 3 aromatic carbocycles. The molecule has 3 aromatic rings. The molecule has 1 aliphatic heterocycles. The molecule has 0 amide bonds. The van der Waals surface area contributed by atoms with Crippen molar-refractivity contribution in [1.29, 1.82) is 0 Å². The highest BCUT2D eigenvalue weighted by Crippen LogP contribution is 2.37. The summed E-state index contributed by atoms with van der Waals surface area (Å²) in [7, 11) is 0. The van der Waals surface area contributed by atoms with Crippen molar-refractivity contribution in [1.82, 2.24) is 0 Å². The molecule has 0 spiro atoms. The predicted octanol–water partition coefficient (Wildman–Crippen LogP) is 4.95. The Morgan fingerprint density at radius 1 is 0.609 bits per heavy atom. The highest BCUT2D eigenvalue weighted by Gasteiger charge is 2.31. The van der Waals surface area contributed by atoms with Gasteiger partial charge >= 0.3 is 0 Å². The minimum absolute atomic E-state index is 0.135. The lowest BCUT2D eigenvalue weighted by Gasteiger charge is -2.15. The Hall–Kier alpha value is -2.71. The van der Waals surface area contributed by atoms with Crippen LogP contribution in [0.1, 0.15) is 29.0 Å². The summed E-state index contributed by atoms with van der Waals surface area (Å²) in [6.45, 7) is 0. The van der Waals surface area contributed by atoms with Crippen LogP contribution in [0.25, 0.3) is 0 Å². The molecule has 2 atom stereocenters. The first-order valence-electron chi connectivity index (χ1n) is 7.80. The van der Waals surface area contributed by atoms with Crippen molar-refractivity contribution in [2.24, 2.45) is 4.99 Å². The number of nitrogens with zero attached hydrogens (tertiary/aromatic N) is 1. The van der Waals surface area contributed by atoms with Crippen LogP contribution in [0.5, 0.6) is 0 Å². The van der Waals surface area contributed by atoms with Gasteiger partial charge in [-0.05, 0) is 11.1 Å². The highest BCUT2D eigenvalue weighted by molar-refractivity contribution is 6.05. The van der Waals surface area contributed by atoms with Gasteiger partial charge in [-0.15, -0.1) is 0 Å². The van der Waals surface area contributed by atoms with E-state index in [4.69, 9.17) is 9.73 Å². The number of hydrogen-bond acceptors (Lipinski definition) is 2. The monoisotopic (exact) mass is 299 g/mol. The second-order valence-corrected chi connectivity index (χ2v) is 5.57. The topological polar surface area (TPSA) is 21.6 Å². The van der Waals surface area contributed by atoms with E-state index >= 15 is 0 Å². The molecular formula is C21H17NO. The van der Waals surface area contributed by atoms with Crippen LogP contribution in [-0.2, 0) is 4.74 Å². The van der Waals surface area contributed by atoms with E-state index in [1.807, 2.05) is 54.6 Å². The van der Waals surface area contributed by atoms with E-state index in [2.05, 4.69) is 36.4 Å². The van der Waals surface area contributed by atoms with E-state index in [1.54, 1.807) is 0 Å². The van der Waals surface area contributed by atoms with E-state index in [9.17, 15) is 0 Å². The van der Waals surface area contributed by atoms with Crippen LogP contribution in [0.3, 0.4) is 0 Å². The van der Waals surface area contributed by atoms with Crippen molar-refractivity contribution >= 4 is 5.71 Å². The predicted molar refractivity (Wildman–Crippen MR) is 92.4 cm³/mol. The average molecular weight is 299 g/mol. The Kier molecular flexibility index (Phi) is 3.75. The van der Waals surface area contributed by atoms with Gasteiger partial charge in [-0.1, -0.05) is 91.0 Å². The molecule has 0 saturated carbocycles. The van der Waals surface area contributed by atoms with Crippen molar-refractivity contribution in [2.45, 2.75) is 12.3 Å². The zero-order valence-electron chi connectivity index (χ0n) is 12.7. The van der Waals surface area contributed by atoms with Crippen molar-refractivity contribution in [2.75, 3.05) is 0 Å². The fraction of sp³-hybridized carbons (Fsp3) is 0.0952. The van der Waals surface area contributed by atoms with Crippen LogP contribution >= 0.6 is 0 Å². The standard InChI is InChI=1S/C21H17NO/c1-4-10-16(11-5-1)19-20(17-12-6-2-7-13-17)23-21(22-19)18-14-8-3-9-15-18/h1-15,20-21H. The zero-order chi connectivity index (χ0) is 15.5. The zero-order valence-corrected chi connectivity index (χ0v) is 12.7. The molecule has 1 heterocycles. The molecule has 2 unspecified atom stereocenters. The molecule has 0 bridgehead atoms. The fourth-order valence-electron chi connectivity index (χ4n) is 2.89. The summed E-state index contributed by atoms with van der Waals surface area (Å²) in [4.78, 5) is 4.88. The van der Waals surface area contributed by atoms with Crippen LogP contribution in [0.2, 0.25) is 0 Å². The van der Waals surface area contributed by atoms with Gasteiger partial charge in [0.25, 0.3) is 0 Å². The molecule has 2 heteroatoms. The normalized spacial score (nSPS) is 20.3. The van der Waals surface area contributed by atoms with Crippen molar-refractivity contribution in [3.8, 4) is 0 Å². The third kappa shape index (κ3) is 2.81. The van der Waals surface area contributed by atoms with Crippen molar-refractivity contribution in [3.63, 3.8) is 0 Å². The number of hydrogen-bond donors (Lipinski definition) is 0. The van der Waals surface area contributed by atoms with E-state index in [1.165, 1.54) is 0 Å². The summed E-state index contributed by atoms with van der Waals surface area (Å²) < 4.78 is 6.30. The van der Waals surface area contributed by atoms with E-state index in [0.29, 0.717) is 0 Å². The van der Waals surface area contributed by atoms with Gasteiger partial charge in [-0.2, -0.15) is 0 Å². The van der Waals surface area contributed by atoms with E-state index in [-0.39, 0.29) is 12.3 Å². The third-order valence-electron chi connectivity index (χ3n) is 4.03. The Morgan fingerprint density at radius 2 is 1.13 bits per heavy atom. The number of ether oxygens (including phenoxy) is 1. The SMILES string of the molecule is c1ccc(C2=NC(c3ccccc3)OC2c2ccccc2)cc1. The Bertz CT molecular complexity index is 797. The molecule has 0 aromatic heterocycles. The van der Waals surface area contributed by atoms with Crippen LogP contribution in [0, 0.1) is 0 Å². The molecule has 0 fully saturated rings. The van der Waals surface area contributed by atoms with Crippen LogP contribution in [0.15, 0.2) is 96.0 Å².